The van der Waals surface area contributed by atoms with E-state index in [1.54, 1.807) is 24.3 Å². The minimum Gasteiger partial charge on any atom is -0.396 e. The number of nitrogens with two attached hydrogens (primary N) is 1. The number of amides is 3. The lowest BCUT2D eigenvalue weighted by Gasteiger charge is -2.21. The molecule has 0 spiro atoms. The Balaban J connectivity index is 2.63. The van der Waals surface area contributed by atoms with Crippen LogP contribution in [0.5, 0.6) is 0 Å². The maximum absolute atomic E-state index is 12.1. The Hall–Kier alpha value is -2.08. The average molecular weight is 293 g/mol. The molecular formula is C15H23N3O3. The lowest BCUT2D eigenvalue weighted by atomic mass is 10.0. The summed E-state index contributed by atoms with van der Waals surface area (Å²) in [7, 11) is 0. The highest BCUT2D eigenvalue weighted by molar-refractivity contribution is 5.94. The summed E-state index contributed by atoms with van der Waals surface area (Å²) in [6, 6.07) is 6.29. The molecule has 1 atom stereocenters. The molecular weight excluding hydrogens is 270 g/mol. The van der Waals surface area contributed by atoms with Gasteiger partial charge in [0.25, 0.3) is 5.91 Å². The van der Waals surface area contributed by atoms with Crippen LogP contribution in [0.1, 0.15) is 36.2 Å². The van der Waals surface area contributed by atoms with Crippen molar-refractivity contribution in [3.8, 4) is 0 Å². The predicted octanol–water partition coefficient (Wildman–Crippen LogP) is 0.992. The zero-order valence-corrected chi connectivity index (χ0v) is 12.4. The molecule has 0 saturated carbocycles. The molecule has 5 N–H and O–H groups in total. The fourth-order valence-electron chi connectivity index (χ4n) is 1.93. The molecule has 116 valence electrons. The van der Waals surface area contributed by atoms with Gasteiger partial charge in [-0.25, -0.2) is 4.79 Å². The molecule has 1 rings (SSSR count). The van der Waals surface area contributed by atoms with Crippen molar-refractivity contribution in [2.45, 2.75) is 32.9 Å². The zero-order chi connectivity index (χ0) is 15.8. The maximum Gasteiger partial charge on any atom is 0.312 e. The molecule has 0 fully saturated rings. The van der Waals surface area contributed by atoms with Gasteiger partial charge in [-0.3, -0.25) is 4.79 Å². The SMILES string of the molecule is CC(C)C(CCO)NC(=O)c1ccc(CNC(N)=O)cc1. The van der Waals surface area contributed by atoms with Gasteiger partial charge in [0, 0.05) is 24.8 Å². The normalized spacial score (nSPS) is 12.0. The molecule has 6 nitrogen and oxygen atoms in total. The highest BCUT2D eigenvalue weighted by Gasteiger charge is 2.16. The Morgan fingerprint density at radius 2 is 1.86 bits per heavy atom. The quantitative estimate of drug-likeness (QED) is 0.602. The van der Waals surface area contributed by atoms with Crippen LogP contribution in [0.25, 0.3) is 0 Å². The van der Waals surface area contributed by atoms with E-state index in [2.05, 4.69) is 10.6 Å². The smallest absolute Gasteiger partial charge is 0.312 e. The third-order valence-corrected chi connectivity index (χ3v) is 3.24. The van der Waals surface area contributed by atoms with Crippen LogP contribution >= 0.6 is 0 Å². The van der Waals surface area contributed by atoms with Gasteiger partial charge in [-0.05, 0) is 30.0 Å². The number of aliphatic hydroxyl groups is 1. The van der Waals surface area contributed by atoms with E-state index in [-0.39, 0.29) is 24.5 Å². The van der Waals surface area contributed by atoms with E-state index in [1.807, 2.05) is 13.8 Å². The monoisotopic (exact) mass is 293 g/mol. The predicted molar refractivity (Wildman–Crippen MR) is 80.7 cm³/mol. The molecule has 0 aromatic heterocycles. The van der Waals surface area contributed by atoms with Crippen molar-refractivity contribution in [2.24, 2.45) is 11.7 Å². The van der Waals surface area contributed by atoms with Crippen LogP contribution in [0.2, 0.25) is 0 Å². The molecule has 3 amide bonds. The van der Waals surface area contributed by atoms with Crippen molar-refractivity contribution in [1.82, 2.24) is 10.6 Å². The van der Waals surface area contributed by atoms with Crippen LogP contribution in [-0.4, -0.2) is 29.7 Å². The third-order valence-electron chi connectivity index (χ3n) is 3.24. The number of hydrogen-bond donors (Lipinski definition) is 4. The maximum atomic E-state index is 12.1. The number of carbonyl (C=O) groups excluding carboxylic acids is 2. The first kappa shape index (κ1) is 17.0. The van der Waals surface area contributed by atoms with Gasteiger partial charge in [0.05, 0.1) is 0 Å². The van der Waals surface area contributed by atoms with Crippen LogP contribution in [0, 0.1) is 5.92 Å². The number of carbonyl (C=O) groups is 2. The summed E-state index contributed by atoms with van der Waals surface area (Å²) < 4.78 is 0. The minimum absolute atomic E-state index is 0.0425. The number of hydrogen-bond acceptors (Lipinski definition) is 3. The molecule has 0 saturated heterocycles. The largest absolute Gasteiger partial charge is 0.396 e. The highest BCUT2D eigenvalue weighted by atomic mass is 16.3. The number of rotatable bonds is 7. The Morgan fingerprint density at radius 1 is 1.24 bits per heavy atom. The van der Waals surface area contributed by atoms with Crippen molar-refractivity contribution in [3.05, 3.63) is 35.4 Å². The van der Waals surface area contributed by atoms with E-state index in [9.17, 15) is 9.59 Å². The Bertz CT molecular complexity index is 472. The first-order valence-corrected chi connectivity index (χ1v) is 6.98. The van der Waals surface area contributed by atoms with Crippen LogP contribution in [0.15, 0.2) is 24.3 Å². The van der Waals surface area contributed by atoms with Crippen molar-refractivity contribution in [3.63, 3.8) is 0 Å². The molecule has 1 aromatic carbocycles. The molecule has 6 heteroatoms. The van der Waals surface area contributed by atoms with Gasteiger partial charge in [-0.1, -0.05) is 26.0 Å². The summed E-state index contributed by atoms with van der Waals surface area (Å²) in [5.74, 6) is 0.0803. The van der Waals surface area contributed by atoms with Gasteiger partial charge in [-0.15, -0.1) is 0 Å². The summed E-state index contributed by atoms with van der Waals surface area (Å²) >= 11 is 0. The summed E-state index contributed by atoms with van der Waals surface area (Å²) in [4.78, 5) is 22.8. The summed E-state index contributed by atoms with van der Waals surface area (Å²) in [5.41, 5.74) is 6.40. The molecule has 0 bridgehead atoms. The molecule has 0 aliphatic heterocycles. The van der Waals surface area contributed by atoms with Gasteiger partial charge in [0.15, 0.2) is 0 Å². The second kappa shape index (κ2) is 8.26. The lowest BCUT2D eigenvalue weighted by Crippen LogP contribution is -2.39. The van der Waals surface area contributed by atoms with Crippen molar-refractivity contribution in [2.75, 3.05) is 6.61 Å². The average Bonchev–Trinajstić information content (AvgIpc) is 2.45. The van der Waals surface area contributed by atoms with Crippen LogP contribution in [0.3, 0.4) is 0 Å². The van der Waals surface area contributed by atoms with Crippen LogP contribution in [0.4, 0.5) is 4.79 Å². The van der Waals surface area contributed by atoms with Gasteiger partial charge in [-0.2, -0.15) is 0 Å². The number of nitrogens with one attached hydrogen (secondary N) is 2. The summed E-state index contributed by atoms with van der Waals surface area (Å²) in [6.07, 6.45) is 0.532. The second-order valence-corrected chi connectivity index (χ2v) is 5.25. The lowest BCUT2D eigenvalue weighted by molar-refractivity contribution is 0.0916. The fraction of sp³-hybridized carbons (Fsp3) is 0.467. The van der Waals surface area contributed by atoms with E-state index in [1.165, 1.54) is 0 Å². The van der Waals surface area contributed by atoms with E-state index in [0.29, 0.717) is 18.5 Å². The molecule has 1 unspecified atom stereocenters. The van der Waals surface area contributed by atoms with E-state index in [4.69, 9.17) is 10.8 Å². The number of primary amides is 1. The zero-order valence-electron chi connectivity index (χ0n) is 12.4. The van der Waals surface area contributed by atoms with Crippen molar-refractivity contribution < 1.29 is 14.7 Å². The Morgan fingerprint density at radius 3 is 2.33 bits per heavy atom. The highest BCUT2D eigenvalue weighted by Crippen LogP contribution is 2.09. The molecule has 0 heterocycles. The second-order valence-electron chi connectivity index (χ2n) is 5.25. The van der Waals surface area contributed by atoms with E-state index >= 15 is 0 Å². The first-order chi connectivity index (χ1) is 9.93. The van der Waals surface area contributed by atoms with Crippen LogP contribution < -0.4 is 16.4 Å². The number of aliphatic hydroxyl groups excluding tert-OH is 1. The van der Waals surface area contributed by atoms with E-state index < -0.39 is 6.03 Å². The molecule has 1 aromatic rings. The molecule has 0 aliphatic rings. The van der Waals surface area contributed by atoms with Crippen molar-refractivity contribution >= 4 is 11.9 Å². The van der Waals surface area contributed by atoms with E-state index in [0.717, 1.165) is 5.56 Å². The van der Waals surface area contributed by atoms with Crippen molar-refractivity contribution in [1.29, 1.82) is 0 Å². The number of urea groups is 1. The standard InChI is InChI=1S/C15H23N3O3/c1-10(2)13(7-8-19)18-14(20)12-5-3-11(4-6-12)9-17-15(16)21/h3-6,10,13,19H,7-9H2,1-2H3,(H,18,20)(H3,16,17,21). The first-order valence-electron chi connectivity index (χ1n) is 6.98. The summed E-state index contributed by atoms with van der Waals surface area (Å²) in [5, 5.41) is 14.4. The molecule has 21 heavy (non-hydrogen) atoms. The molecule has 0 aliphatic carbocycles. The van der Waals surface area contributed by atoms with Gasteiger partial charge >= 0.3 is 6.03 Å². The van der Waals surface area contributed by atoms with Gasteiger partial charge < -0.3 is 21.5 Å². The Kier molecular flexibility index (Phi) is 6.68. The molecule has 0 radical (unpaired) electrons. The fourth-order valence-corrected chi connectivity index (χ4v) is 1.93. The Labute approximate surface area is 124 Å². The topological polar surface area (TPSA) is 104 Å². The summed E-state index contributed by atoms with van der Waals surface area (Å²) in [6.45, 7) is 4.37. The number of benzene rings is 1. The van der Waals surface area contributed by atoms with Crippen LogP contribution in [-0.2, 0) is 6.54 Å². The minimum atomic E-state index is -0.583. The van der Waals surface area contributed by atoms with Gasteiger partial charge in [0.1, 0.15) is 0 Å². The third kappa shape index (κ3) is 5.83. The van der Waals surface area contributed by atoms with Gasteiger partial charge in [0.2, 0.25) is 0 Å².